The molecular weight excluding hydrogens is 372 g/mol. The number of ketones is 1. The summed E-state index contributed by atoms with van der Waals surface area (Å²) in [5.41, 5.74) is -1.79. The Balaban J connectivity index is 0.00000312. The molecule has 0 radical (unpaired) electrons. The number of hydrogen-bond donors (Lipinski definition) is 1. The third-order valence-electron chi connectivity index (χ3n) is 3.37. The van der Waals surface area contributed by atoms with Gasteiger partial charge in [-0.3, -0.25) is 4.79 Å². The van der Waals surface area contributed by atoms with Crippen LogP contribution < -0.4 is 0 Å². The summed E-state index contributed by atoms with van der Waals surface area (Å²) >= 11 is 0. The van der Waals surface area contributed by atoms with Gasteiger partial charge in [0.2, 0.25) is 11.7 Å². The average molecular weight is 386 g/mol. The molecule has 6 nitrogen and oxygen atoms in total. The maximum atomic E-state index is 12.8. The van der Waals surface area contributed by atoms with Crippen LogP contribution >= 0.6 is 0 Å². The monoisotopic (exact) mass is 386 g/mol. The van der Waals surface area contributed by atoms with E-state index < -0.39 is 43.7 Å². The molecule has 0 aliphatic rings. The topological polar surface area (TPSA) is 89.3 Å². The van der Waals surface area contributed by atoms with Crippen molar-refractivity contribution in [1.82, 2.24) is 9.78 Å². The fourth-order valence-electron chi connectivity index (χ4n) is 2.24. The molecular formula is C14H14F3N2NaO4S. The summed E-state index contributed by atoms with van der Waals surface area (Å²) in [6, 6.07) is 1.81. The van der Waals surface area contributed by atoms with Gasteiger partial charge in [-0.25, -0.2) is 13.1 Å². The number of rotatable bonds is 3. The Morgan fingerprint density at radius 3 is 2.24 bits per heavy atom. The van der Waals surface area contributed by atoms with Crippen LogP contribution in [0.1, 0.15) is 27.2 Å². The Labute approximate surface area is 163 Å². The minimum atomic E-state index is -4.76. The molecule has 2 rings (SSSR count). The van der Waals surface area contributed by atoms with Gasteiger partial charge in [0.15, 0.2) is 9.84 Å². The minimum absolute atomic E-state index is 0. The molecule has 1 heterocycles. The summed E-state index contributed by atoms with van der Waals surface area (Å²) in [5, 5.41) is 13.7. The number of benzene rings is 1. The van der Waals surface area contributed by atoms with Crippen LogP contribution in [-0.4, -0.2) is 64.9 Å². The van der Waals surface area contributed by atoms with E-state index in [0.29, 0.717) is 18.4 Å². The molecule has 0 spiro atoms. The number of aromatic hydroxyl groups is 1. The van der Waals surface area contributed by atoms with E-state index >= 15 is 0 Å². The summed E-state index contributed by atoms with van der Waals surface area (Å²) in [4.78, 5) is 11.8. The van der Waals surface area contributed by atoms with Crippen LogP contribution in [0.25, 0.3) is 0 Å². The van der Waals surface area contributed by atoms with E-state index in [4.69, 9.17) is 0 Å². The van der Waals surface area contributed by atoms with Crippen molar-refractivity contribution in [2.24, 2.45) is 7.05 Å². The Bertz CT molecular complexity index is 936. The van der Waals surface area contributed by atoms with Crippen LogP contribution in [0.3, 0.4) is 0 Å². The predicted molar refractivity (Wildman–Crippen MR) is 84.7 cm³/mol. The zero-order valence-electron chi connectivity index (χ0n) is 12.8. The van der Waals surface area contributed by atoms with E-state index in [-0.39, 0.29) is 40.8 Å². The van der Waals surface area contributed by atoms with Crippen molar-refractivity contribution >= 4 is 45.2 Å². The van der Waals surface area contributed by atoms with Gasteiger partial charge in [0.25, 0.3) is 0 Å². The van der Waals surface area contributed by atoms with Crippen molar-refractivity contribution in [1.29, 1.82) is 0 Å². The predicted octanol–water partition coefficient (Wildman–Crippen LogP) is 1.44. The number of alkyl halides is 3. The van der Waals surface area contributed by atoms with Gasteiger partial charge in [-0.2, -0.15) is 18.3 Å². The van der Waals surface area contributed by atoms with E-state index in [9.17, 15) is 31.5 Å². The van der Waals surface area contributed by atoms with Crippen LogP contribution in [-0.2, 0) is 23.1 Å². The Morgan fingerprint density at radius 1 is 1.28 bits per heavy atom. The number of nitrogens with zero attached hydrogens (tertiary/aromatic N) is 2. The summed E-state index contributed by atoms with van der Waals surface area (Å²) in [7, 11) is -2.75. The van der Waals surface area contributed by atoms with Gasteiger partial charge in [0, 0.05) is 18.9 Å². The second-order valence-corrected chi connectivity index (χ2v) is 7.20. The fourth-order valence-corrected chi connectivity index (χ4v) is 3.14. The average Bonchev–Trinajstić information content (AvgIpc) is 2.69. The zero-order chi connectivity index (χ0) is 18.4. The van der Waals surface area contributed by atoms with Crippen molar-refractivity contribution in [2.45, 2.75) is 18.0 Å². The first-order valence-corrected chi connectivity index (χ1v) is 8.41. The van der Waals surface area contributed by atoms with Crippen molar-refractivity contribution in [3.8, 4) is 5.88 Å². The van der Waals surface area contributed by atoms with E-state index in [1.54, 1.807) is 0 Å². The molecule has 0 aliphatic carbocycles. The number of halogens is 3. The molecule has 0 aliphatic heterocycles. The molecule has 1 aromatic heterocycles. The van der Waals surface area contributed by atoms with Crippen molar-refractivity contribution in [3.63, 3.8) is 0 Å². The third-order valence-corrected chi connectivity index (χ3v) is 4.51. The molecule has 0 fully saturated rings. The first-order chi connectivity index (χ1) is 10.8. The molecule has 2 aromatic rings. The van der Waals surface area contributed by atoms with Crippen molar-refractivity contribution in [2.75, 3.05) is 6.26 Å². The summed E-state index contributed by atoms with van der Waals surface area (Å²) in [6.07, 6.45) is -4.05. The molecule has 0 atom stereocenters. The SMILES string of the molecule is Cc1nn(C)c(O)c1C(=O)c1ccc(C(F)(F)F)cc1S(C)(=O)=O.[NaH]. The van der Waals surface area contributed by atoms with Crippen molar-refractivity contribution in [3.05, 3.63) is 40.6 Å². The number of hydrogen-bond acceptors (Lipinski definition) is 5. The Hall–Kier alpha value is -1.36. The zero-order valence-corrected chi connectivity index (χ0v) is 13.7. The molecule has 11 heteroatoms. The Kier molecular flexibility index (Phi) is 6.16. The van der Waals surface area contributed by atoms with Gasteiger partial charge >= 0.3 is 35.7 Å². The first kappa shape index (κ1) is 21.7. The second kappa shape index (κ2) is 7.10. The van der Waals surface area contributed by atoms with E-state index in [2.05, 4.69) is 5.10 Å². The summed E-state index contributed by atoms with van der Waals surface area (Å²) < 4.78 is 63.1. The van der Waals surface area contributed by atoms with E-state index in [0.717, 1.165) is 10.7 Å². The van der Waals surface area contributed by atoms with Gasteiger partial charge in [-0.1, -0.05) is 0 Å². The molecule has 25 heavy (non-hydrogen) atoms. The molecule has 0 saturated carbocycles. The van der Waals surface area contributed by atoms with Crippen LogP contribution in [0, 0.1) is 6.92 Å². The number of aromatic nitrogens is 2. The van der Waals surface area contributed by atoms with E-state index in [1.807, 2.05) is 0 Å². The van der Waals surface area contributed by atoms with Crippen LogP contribution in [0.2, 0.25) is 0 Å². The summed E-state index contributed by atoms with van der Waals surface area (Å²) in [6.45, 7) is 1.41. The van der Waals surface area contributed by atoms with Crippen LogP contribution in [0.15, 0.2) is 23.1 Å². The first-order valence-electron chi connectivity index (χ1n) is 6.52. The molecule has 1 aromatic carbocycles. The molecule has 1 N–H and O–H groups in total. The van der Waals surface area contributed by atoms with Crippen molar-refractivity contribution < 1.29 is 31.5 Å². The normalized spacial score (nSPS) is 11.9. The van der Waals surface area contributed by atoms with Crippen LogP contribution in [0.4, 0.5) is 13.2 Å². The molecule has 0 unspecified atom stereocenters. The standard InChI is InChI=1S/C14H13F3N2O4S.Na.H/c1-7-11(13(21)19(2)18-7)12(20)9-5-4-8(14(15,16)17)6-10(9)24(3,22)23;;/h4-6,21H,1-3H3;;. The Morgan fingerprint density at radius 2 is 1.84 bits per heavy atom. The number of aryl methyl sites for hydroxylation is 2. The second-order valence-electron chi connectivity index (χ2n) is 5.22. The fraction of sp³-hybridized carbons (Fsp3) is 0.286. The quantitative estimate of drug-likeness (QED) is 0.637. The van der Waals surface area contributed by atoms with E-state index in [1.165, 1.54) is 14.0 Å². The van der Waals surface area contributed by atoms with Gasteiger partial charge in [0.1, 0.15) is 5.56 Å². The molecule has 0 amide bonds. The van der Waals surface area contributed by atoms with Crippen LogP contribution in [0.5, 0.6) is 5.88 Å². The molecule has 0 saturated heterocycles. The maximum absolute atomic E-state index is 12.8. The number of carbonyl (C=O) groups is 1. The summed E-state index contributed by atoms with van der Waals surface area (Å²) in [5.74, 6) is -1.43. The van der Waals surface area contributed by atoms with Gasteiger partial charge < -0.3 is 5.11 Å². The molecule has 132 valence electrons. The van der Waals surface area contributed by atoms with Gasteiger partial charge in [-0.05, 0) is 25.1 Å². The van der Waals surface area contributed by atoms with Gasteiger partial charge in [0.05, 0.1) is 16.2 Å². The number of carbonyl (C=O) groups excluding carboxylic acids is 1. The van der Waals surface area contributed by atoms with Gasteiger partial charge in [-0.15, -0.1) is 0 Å². The molecule has 0 bridgehead atoms. The number of sulfone groups is 1. The third kappa shape index (κ3) is 4.25.